The topological polar surface area (TPSA) is 59.8 Å². The molecule has 1 aliphatic heterocycles. The second kappa shape index (κ2) is 2.92. The maximum absolute atomic E-state index is 11.3. The molecule has 0 atom stereocenters. The molecule has 0 bridgehead atoms. The molecule has 5 nitrogen and oxygen atoms in total. The van der Waals surface area contributed by atoms with Crippen LogP contribution < -0.4 is 0 Å². The summed E-state index contributed by atoms with van der Waals surface area (Å²) in [6.45, 7) is 1.80. The summed E-state index contributed by atoms with van der Waals surface area (Å²) in [4.78, 5) is 12.7. The first kappa shape index (κ1) is 8.70. The summed E-state index contributed by atoms with van der Waals surface area (Å²) in [5.41, 5.74) is 0.801. The van der Waals surface area contributed by atoms with Crippen molar-refractivity contribution in [3.63, 3.8) is 0 Å². The minimum absolute atomic E-state index is 0.242. The Morgan fingerprint density at radius 2 is 2.25 bits per heavy atom. The molecule has 0 aromatic carbocycles. The van der Waals surface area contributed by atoms with E-state index in [-0.39, 0.29) is 11.9 Å². The zero-order chi connectivity index (χ0) is 9.30. The number of carbonyl (C=O) groups is 1. The molecule has 0 aromatic rings. The molecule has 1 rings (SSSR count). The van der Waals surface area contributed by atoms with Crippen LogP contribution in [0, 0.1) is 5.41 Å². The Morgan fingerprint density at radius 3 is 2.58 bits per heavy atom. The number of nitrogens with one attached hydrogen (secondary N) is 1. The largest absolute Gasteiger partial charge is 0.345 e. The van der Waals surface area contributed by atoms with Gasteiger partial charge in [-0.15, -0.1) is 0 Å². The Balaban J connectivity index is 2.76. The minimum Gasteiger partial charge on any atom is -0.329 e. The van der Waals surface area contributed by atoms with E-state index in [2.05, 4.69) is 5.10 Å². The molecule has 0 saturated heterocycles. The first-order chi connectivity index (χ1) is 5.52. The number of amides is 2. The van der Waals surface area contributed by atoms with Crippen LogP contribution in [0.4, 0.5) is 4.79 Å². The third-order valence-corrected chi connectivity index (χ3v) is 1.51. The number of urea groups is 1. The third-order valence-electron chi connectivity index (χ3n) is 1.51. The Labute approximate surface area is 71.2 Å². The van der Waals surface area contributed by atoms with Gasteiger partial charge in [-0.1, -0.05) is 0 Å². The zero-order valence-corrected chi connectivity index (χ0v) is 7.46. The molecule has 12 heavy (non-hydrogen) atoms. The summed E-state index contributed by atoms with van der Waals surface area (Å²) in [6, 6.07) is -0.267. The van der Waals surface area contributed by atoms with Gasteiger partial charge in [-0.25, -0.2) is 4.79 Å². The first-order valence-corrected chi connectivity index (χ1v) is 3.65. The molecular weight excluding hydrogens is 156 g/mol. The molecule has 0 aliphatic carbocycles. The Bertz CT molecular complexity index is 256. The van der Waals surface area contributed by atoms with E-state index >= 15 is 0 Å². The molecule has 0 saturated carbocycles. The maximum atomic E-state index is 11.3. The van der Waals surface area contributed by atoms with Crippen molar-refractivity contribution >= 4 is 17.6 Å². The van der Waals surface area contributed by atoms with Crippen molar-refractivity contribution in [2.75, 3.05) is 14.1 Å². The van der Waals surface area contributed by atoms with Crippen LogP contribution in [0.3, 0.4) is 0 Å². The average molecular weight is 168 g/mol. The molecule has 0 radical (unpaired) electrons. The lowest BCUT2D eigenvalue weighted by atomic mass is 10.3. The molecule has 2 amide bonds. The van der Waals surface area contributed by atoms with Gasteiger partial charge in [0.15, 0.2) is 0 Å². The smallest absolute Gasteiger partial charge is 0.329 e. The molecule has 0 aromatic heterocycles. The first-order valence-electron chi connectivity index (χ1n) is 3.65. The lowest BCUT2D eigenvalue weighted by Crippen LogP contribution is -2.36. The van der Waals surface area contributed by atoms with Crippen molar-refractivity contribution in [3.05, 3.63) is 0 Å². The van der Waals surface area contributed by atoms with E-state index in [9.17, 15) is 4.79 Å². The number of carbonyl (C=O) groups excluding carboxylic acids is 1. The van der Waals surface area contributed by atoms with Crippen LogP contribution in [0.1, 0.15) is 13.3 Å². The molecule has 5 heteroatoms. The highest BCUT2D eigenvalue weighted by Crippen LogP contribution is 2.09. The van der Waals surface area contributed by atoms with Crippen LogP contribution in [0.2, 0.25) is 0 Å². The summed E-state index contributed by atoms with van der Waals surface area (Å²) < 4.78 is 0. The van der Waals surface area contributed by atoms with E-state index in [1.807, 2.05) is 0 Å². The molecule has 1 heterocycles. The van der Waals surface area contributed by atoms with Gasteiger partial charge in [0.2, 0.25) is 0 Å². The van der Waals surface area contributed by atoms with Crippen molar-refractivity contribution in [1.82, 2.24) is 9.91 Å². The number of hydrogen-bond acceptors (Lipinski definition) is 3. The number of amidine groups is 1. The quantitative estimate of drug-likeness (QED) is 0.569. The highest BCUT2D eigenvalue weighted by atomic mass is 16.2. The van der Waals surface area contributed by atoms with Crippen LogP contribution in [0.5, 0.6) is 0 Å². The SMILES string of the molecule is CC1=NN(C(=O)N(C)C)C(=N)C1. The van der Waals surface area contributed by atoms with E-state index in [0.29, 0.717) is 6.42 Å². The molecular formula is C7H12N4O. The van der Waals surface area contributed by atoms with Gasteiger partial charge in [-0.3, -0.25) is 5.41 Å². The van der Waals surface area contributed by atoms with Crippen LogP contribution in [-0.4, -0.2) is 41.6 Å². The zero-order valence-electron chi connectivity index (χ0n) is 7.46. The van der Waals surface area contributed by atoms with Crippen molar-refractivity contribution < 1.29 is 4.79 Å². The second-order valence-corrected chi connectivity index (χ2v) is 2.95. The van der Waals surface area contributed by atoms with E-state index in [0.717, 1.165) is 10.7 Å². The number of nitrogens with zero attached hydrogens (tertiary/aromatic N) is 3. The highest BCUT2D eigenvalue weighted by molar-refractivity contribution is 6.10. The summed E-state index contributed by atoms with van der Waals surface area (Å²) >= 11 is 0. The minimum atomic E-state index is -0.267. The van der Waals surface area contributed by atoms with Gasteiger partial charge in [-0.05, 0) is 6.92 Å². The fraction of sp³-hybridized carbons (Fsp3) is 0.571. The van der Waals surface area contributed by atoms with Gasteiger partial charge in [-0.2, -0.15) is 10.1 Å². The van der Waals surface area contributed by atoms with E-state index in [1.165, 1.54) is 4.90 Å². The van der Waals surface area contributed by atoms with Gasteiger partial charge in [0.1, 0.15) is 5.84 Å². The molecule has 0 fully saturated rings. The molecule has 0 unspecified atom stereocenters. The van der Waals surface area contributed by atoms with Crippen molar-refractivity contribution in [2.45, 2.75) is 13.3 Å². The standard InChI is InChI=1S/C7H12N4O/c1-5-4-6(8)11(9-5)7(12)10(2)3/h8H,4H2,1-3H3. The normalized spacial score (nSPS) is 16.4. The summed E-state index contributed by atoms with van der Waals surface area (Å²) in [5, 5.41) is 12.5. The predicted octanol–water partition coefficient (Wildman–Crippen LogP) is 0.727. The third kappa shape index (κ3) is 1.44. The maximum Gasteiger partial charge on any atom is 0.345 e. The van der Waals surface area contributed by atoms with Gasteiger partial charge in [0, 0.05) is 26.2 Å². The van der Waals surface area contributed by atoms with E-state index in [4.69, 9.17) is 5.41 Å². The number of hydrogen-bond donors (Lipinski definition) is 1. The summed E-state index contributed by atoms with van der Waals surface area (Å²) in [7, 11) is 3.28. The summed E-state index contributed by atoms with van der Waals surface area (Å²) in [6.07, 6.45) is 0.472. The van der Waals surface area contributed by atoms with Crippen LogP contribution >= 0.6 is 0 Å². The lowest BCUT2D eigenvalue weighted by molar-refractivity contribution is 0.196. The van der Waals surface area contributed by atoms with Crippen molar-refractivity contribution in [1.29, 1.82) is 5.41 Å². The number of rotatable bonds is 0. The second-order valence-electron chi connectivity index (χ2n) is 2.95. The monoisotopic (exact) mass is 168 g/mol. The fourth-order valence-electron chi connectivity index (χ4n) is 0.931. The number of hydrazone groups is 1. The molecule has 1 aliphatic rings. The summed E-state index contributed by atoms with van der Waals surface area (Å²) in [5.74, 6) is 0.242. The molecule has 66 valence electrons. The molecule has 1 N–H and O–H groups in total. The lowest BCUT2D eigenvalue weighted by Gasteiger charge is -2.17. The predicted molar refractivity (Wildman–Crippen MR) is 46.4 cm³/mol. The average Bonchev–Trinajstić information content (AvgIpc) is 2.28. The van der Waals surface area contributed by atoms with E-state index < -0.39 is 0 Å². The van der Waals surface area contributed by atoms with Crippen LogP contribution in [-0.2, 0) is 0 Å². The fourth-order valence-corrected chi connectivity index (χ4v) is 0.931. The molecule has 0 spiro atoms. The van der Waals surface area contributed by atoms with Gasteiger partial charge in [0.05, 0.1) is 0 Å². The van der Waals surface area contributed by atoms with Gasteiger partial charge in [0.25, 0.3) is 0 Å². The van der Waals surface area contributed by atoms with Crippen LogP contribution in [0.15, 0.2) is 5.10 Å². The Kier molecular flexibility index (Phi) is 2.12. The Hall–Kier alpha value is -1.39. The Morgan fingerprint density at radius 1 is 1.67 bits per heavy atom. The van der Waals surface area contributed by atoms with E-state index in [1.54, 1.807) is 21.0 Å². The van der Waals surface area contributed by atoms with Gasteiger partial charge >= 0.3 is 6.03 Å². The van der Waals surface area contributed by atoms with Crippen molar-refractivity contribution in [3.8, 4) is 0 Å². The van der Waals surface area contributed by atoms with Crippen molar-refractivity contribution in [2.24, 2.45) is 5.10 Å². The van der Waals surface area contributed by atoms with Gasteiger partial charge < -0.3 is 4.90 Å². The highest BCUT2D eigenvalue weighted by Gasteiger charge is 2.25. The van der Waals surface area contributed by atoms with Crippen LogP contribution in [0.25, 0.3) is 0 Å².